The van der Waals surface area contributed by atoms with Crippen LogP contribution in [0, 0.1) is 12.8 Å². The van der Waals surface area contributed by atoms with Gasteiger partial charge < -0.3 is 15.0 Å². The van der Waals surface area contributed by atoms with Crippen LogP contribution in [-0.2, 0) is 17.6 Å². The van der Waals surface area contributed by atoms with E-state index in [0.717, 1.165) is 50.6 Å². The van der Waals surface area contributed by atoms with Crippen molar-refractivity contribution in [2.24, 2.45) is 5.92 Å². The predicted molar refractivity (Wildman–Crippen MR) is 82.4 cm³/mol. The van der Waals surface area contributed by atoms with Crippen molar-refractivity contribution >= 4 is 0 Å². The third-order valence-electron chi connectivity index (χ3n) is 4.65. The summed E-state index contributed by atoms with van der Waals surface area (Å²) in [4.78, 5) is 11.9. The third kappa shape index (κ3) is 3.25. The standard InChI is InChI=1S/C16H26N4O/c1-11-13-8-12(9-17-2)4-5-14(13)19-16(18-11)15-10-20(3)6-7-21-15/h12,15,17H,4-10H2,1-3H3. The van der Waals surface area contributed by atoms with Crippen LogP contribution >= 0.6 is 0 Å². The van der Waals surface area contributed by atoms with Gasteiger partial charge in [-0.05, 0) is 58.3 Å². The average Bonchev–Trinajstić information content (AvgIpc) is 2.48. The molecule has 5 heteroatoms. The lowest BCUT2D eigenvalue weighted by atomic mass is 9.85. The van der Waals surface area contributed by atoms with Crippen molar-refractivity contribution in [1.82, 2.24) is 20.2 Å². The molecule has 21 heavy (non-hydrogen) atoms. The first-order valence-corrected chi connectivity index (χ1v) is 7.98. The Kier molecular flexibility index (Phi) is 4.52. The molecule has 1 aliphatic carbocycles. The van der Waals surface area contributed by atoms with Crippen LogP contribution in [0.3, 0.4) is 0 Å². The summed E-state index contributed by atoms with van der Waals surface area (Å²) in [6.07, 6.45) is 3.42. The summed E-state index contributed by atoms with van der Waals surface area (Å²) in [6, 6.07) is 0. The molecule has 0 radical (unpaired) electrons. The zero-order chi connectivity index (χ0) is 14.8. The number of likely N-dealkylation sites (N-methyl/N-ethyl adjacent to an activating group) is 1. The van der Waals surface area contributed by atoms with Gasteiger partial charge in [-0.2, -0.15) is 0 Å². The van der Waals surface area contributed by atoms with Crippen molar-refractivity contribution in [3.05, 3.63) is 22.8 Å². The zero-order valence-corrected chi connectivity index (χ0v) is 13.4. The summed E-state index contributed by atoms with van der Waals surface area (Å²) in [6.45, 7) is 5.85. The van der Waals surface area contributed by atoms with Gasteiger partial charge >= 0.3 is 0 Å². The highest BCUT2D eigenvalue weighted by molar-refractivity contribution is 5.29. The monoisotopic (exact) mass is 290 g/mol. The van der Waals surface area contributed by atoms with E-state index in [9.17, 15) is 0 Å². The van der Waals surface area contributed by atoms with Gasteiger partial charge in [0.15, 0.2) is 5.82 Å². The molecule has 0 spiro atoms. The second kappa shape index (κ2) is 6.38. The molecule has 2 aliphatic rings. The maximum atomic E-state index is 5.86. The number of aromatic nitrogens is 2. The van der Waals surface area contributed by atoms with E-state index in [2.05, 4.69) is 24.2 Å². The number of aryl methyl sites for hydroxylation is 2. The number of morpholine rings is 1. The number of ether oxygens (including phenoxy) is 1. The molecular formula is C16H26N4O. The van der Waals surface area contributed by atoms with Crippen LogP contribution < -0.4 is 5.32 Å². The molecule has 1 fully saturated rings. The van der Waals surface area contributed by atoms with E-state index in [1.807, 2.05) is 7.05 Å². The molecular weight excluding hydrogens is 264 g/mol. The van der Waals surface area contributed by atoms with Gasteiger partial charge in [0.1, 0.15) is 6.10 Å². The van der Waals surface area contributed by atoms with Crippen molar-refractivity contribution < 1.29 is 4.74 Å². The lowest BCUT2D eigenvalue weighted by Crippen LogP contribution is -2.36. The van der Waals surface area contributed by atoms with Crippen LogP contribution in [0.4, 0.5) is 0 Å². The van der Waals surface area contributed by atoms with E-state index in [0.29, 0.717) is 5.92 Å². The molecule has 0 aromatic carbocycles. The molecule has 1 saturated heterocycles. The number of hydrogen-bond acceptors (Lipinski definition) is 5. The third-order valence-corrected chi connectivity index (χ3v) is 4.65. The minimum Gasteiger partial charge on any atom is -0.368 e. The number of rotatable bonds is 3. The van der Waals surface area contributed by atoms with Gasteiger partial charge in [0.2, 0.25) is 0 Å². The molecule has 5 nitrogen and oxygen atoms in total. The van der Waals surface area contributed by atoms with E-state index in [1.54, 1.807) is 0 Å². The van der Waals surface area contributed by atoms with Crippen molar-refractivity contribution in [1.29, 1.82) is 0 Å². The van der Waals surface area contributed by atoms with Gasteiger partial charge in [-0.3, -0.25) is 0 Å². The molecule has 0 amide bonds. The molecule has 2 unspecified atom stereocenters. The second-order valence-corrected chi connectivity index (χ2v) is 6.38. The quantitative estimate of drug-likeness (QED) is 0.904. The topological polar surface area (TPSA) is 50.3 Å². The molecule has 0 bridgehead atoms. The van der Waals surface area contributed by atoms with E-state index < -0.39 is 0 Å². The van der Waals surface area contributed by atoms with E-state index in [4.69, 9.17) is 14.7 Å². The van der Waals surface area contributed by atoms with Crippen LogP contribution in [0.25, 0.3) is 0 Å². The summed E-state index contributed by atoms with van der Waals surface area (Å²) in [5.74, 6) is 1.59. The summed E-state index contributed by atoms with van der Waals surface area (Å²) in [5, 5.41) is 3.29. The van der Waals surface area contributed by atoms with E-state index in [1.165, 1.54) is 17.7 Å². The zero-order valence-electron chi connectivity index (χ0n) is 13.4. The Balaban J connectivity index is 1.81. The minimum atomic E-state index is 0.0304. The van der Waals surface area contributed by atoms with Gasteiger partial charge in [-0.1, -0.05) is 0 Å². The first-order valence-electron chi connectivity index (χ1n) is 7.98. The van der Waals surface area contributed by atoms with Crippen molar-refractivity contribution in [2.45, 2.75) is 32.3 Å². The van der Waals surface area contributed by atoms with Crippen LogP contribution in [0.15, 0.2) is 0 Å². The Morgan fingerprint density at radius 2 is 2.24 bits per heavy atom. The molecule has 116 valence electrons. The molecule has 0 saturated carbocycles. The van der Waals surface area contributed by atoms with Crippen molar-refractivity contribution in [3.63, 3.8) is 0 Å². The van der Waals surface area contributed by atoms with E-state index in [-0.39, 0.29) is 6.10 Å². The Morgan fingerprint density at radius 1 is 1.38 bits per heavy atom. The summed E-state index contributed by atoms with van der Waals surface area (Å²) in [7, 11) is 4.15. The highest BCUT2D eigenvalue weighted by atomic mass is 16.5. The van der Waals surface area contributed by atoms with Crippen LogP contribution in [0.2, 0.25) is 0 Å². The van der Waals surface area contributed by atoms with Gasteiger partial charge in [-0.15, -0.1) is 0 Å². The van der Waals surface area contributed by atoms with Gasteiger partial charge in [0.05, 0.1) is 6.61 Å². The fourth-order valence-electron chi connectivity index (χ4n) is 3.42. The first kappa shape index (κ1) is 14.9. The minimum absolute atomic E-state index is 0.0304. The van der Waals surface area contributed by atoms with Crippen LogP contribution in [0.5, 0.6) is 0 Å². The molecule has 1 N–H and O–H groups in total. The molecule has 2 atom stereocenters. The molecule has 3 rings (SSSR count). The summed E-state index contributed by atoms with van der Waals surface area (Å²) in [5.41, 5.74) is 3.77. The van der Waals surface area contributed by atoms with Gasteiger partial charge in [0, 0.05) is 24.5 Å². The Morgan fingerprint density at radius 3 is 3.00 bits per heavy atom. The first-order chi connectivity index (χ1) is 10.2. The normalized spacial score (nSPS) is 26.6. The van der Waals surface area contributed by atoms with Gasteiger partial charge in [-0.25, -0.2) is 9.97 Å². The second-order valence-electron chi connectivity index (χ2n) is 6.38. The molecule has 1 aromatic heterocycles. The average molecular weight is 290 g/mol. The maximum absolute atomic E-state index is 5.86. The number of nitrogens with one attached hydrogen (secondary N) is 1. The van der Waals surface area contributed by atoms with Crippen LogP contribution in [-0.4, -0.2) is 55.2 Å². The van der Waals surface area contributed by atoms with E-state index >= 15 is 0 Å². The number of nitrogens with zero attached hydrogens (tertiary/aromatic N) is 3. The van der Waals surface area contributed by atoms with Gasteiger partial charge in [0.25, 0.3) is 0 Å². The highest BCUT2D eigenvalue weighted by Gasteiger charge is 2.26. The lowest BCUT2D eigenvalue weighted by Gasteiger charge is -2.30. The number of fused-ring (bicyclic) bond motifs is 1. The highest BCUT2D eigenvalue weighted by Crippen LogP contribution is 2.28. The summed E-state index contributed by atoms with van der Waals surface area (Å²) < 4.78 is 5.86. The Bertz CT molecular complexity index is 505. The number of hydrogen-bond donors (Lipinski definition) is 1. The summed E-state index contributed by atoms with van der Waals surface area (Å²) >= 11 is 0. The maximum Gasteiger partial charge on any atom is 0.158 e. The van der Waals surface area contributed by atoms with Crippen molar-refractivity contribution in [3.8, 4) is 0 Å². The Hall–Kier alpha value is -1.04. The largest absolute Gasteiger partial charge is 0.368 e. The smallest absolute Gasteiger partial charge is 0.158 e. The fourth-order valence-corrected chi connectivity index (χ4v) is 3.42. The Labute approximate surface area is 127 Å². The SMILES string of the molecule is CNCC1CCc2nc(C3CN(C)CCO3)nc(C)c2C1. The lowest BCUT2D eigenvalue weighted by molar-refractivity contribution is -0.0257. The molecule has 1 aromatic rings. The van der Waals surface area contributed by atoms with Crippen molar-refractivity contribution in [2.75, 3.05) is 40.3 Å². The fraction of sp³-hybridized carbons (Fsp3) is 0.750. The van der Waals surface area contributed by atoms with Crippen LogP contribution in [0.1, 0.15) is 35.3 Å². The molecule has 1 aliphatic heterocycles. The molecule has 2 heterocycles. The predicted octanol–water partition coefficient (Wildman–Crippen LogP) is 1.11.